The molecule has 3 N–H and O–H groups in total. The average Bonchev–Trinajstić information content (AvgIpc) is 3.13. The maximum absolute atomic E-state index is 9.27. The molecule has 156 valence electrons. The van der Waals surface area contributed by atoms with Crippen molar-refractivity contribution in [3.8, 4) is 11.5 Å². The Morgan fingerprint density at radius 3 is 2.61 bits per heavy atom. The minimum absolute atomic E-state index is 0. The van der Waals surface area contributed by atoms with E-state index in [4.69, 9.17) is 4.42 Å². The summed E-state index contributed by atoms with van der Waals surface area (Å²) in [6, 6.07) is 9.84. The van der Waals surface area contributed by atoms with Crippen molar-refractivity contribution in [2.45, 2.75) is 40.2 Å². The number of aliphatic hydroxyl groups is 1. The molecule has 0 bridgehead atoms. The van der Waals surface area contributed by atoms with Gasteiger partial charge in [-0.15, -0.1) is 24.0 Å². The third-order valence-corrected chi connectivity index (χ3v) is 4.22. The molecule has 0 saturated carbocycles. The largest absolute Gasteiger partial charge is 0.444 e. The Kier molecular flexibility index (Phi) is 11.8. The number of aliphatic hydroxyl groups excluding tert-OH is 1. The zero-order valence-electron chi connectivity index (χ0n) is 17.0. The second kappa shape index (κ2) is 13.5. The number of guanidine groups is 1. The van der Waals surface area contributed by atoms with Gasteiger partial charge in [0, 0.05) is 25.3 Å². The molecule has 0 aliphatic heterocycles. The fraction of sp³-hybridized carbons (Fsp3) is 0.524. The quantitative estimate of drug-likeness (QED) is 0.261. The lowest BCUT2D eigenvalue weighted by Gasteiger charge is -2.20. The topological polar surface area (TPSA) is 82.7 Å². The van der Waals surface area contributed by atoms with Gasteiger partial charge in [-0.2, -0.15) is 0 Å². The lowest BCUT2D eigenvalue weighted by molar-refractivity contribution is 0.243. The van der Waals surface area contributed by atoms with Gasteiger partial charge in [-0.1, -0.05) is 32.0 Å². The number of halogens is 1. The molecule has 1 heterocycles. The van der Waals surface area contributed by atoms with Gasteiger partial charge in [0.1, 0.15) is 12.0 Å². The zero-order valence-corrected chi connectivity index (χ0v) is 19.3. The van der Waals surface area contributed by atoms with Crippen LogP contribution in [0, 0.1) is 11.8 Å². The summed E-state index contributed by atoms with van der Waals surface area (Å²) in [5, 5.41) is 15.9. The fourth-order valence-corrected chi connectivity index (χ4v) is 2.99. The number of rotatable bonds is 10. The number of aromatic nitrogens is 1. The number of hydrogen-bond acceptors (Lipinski definition) is 4. The summed E-state index contributed by atoms with van der Waals surface area (Å²) < 4.78 is 5.57. The maximum Gasteiger partial charge on any atom is 0.226 e. The van der Waals surface area contributed by atoms with Crippen LogP contribution in [0.25, 0.3) is 11.5 Å². The van der Waals surface area contributed by atoms with Crippen molar-refractivity contribution in [3.63, 3.8) is 0 Å². The Bertz CT molecular complexity index is 689. The predicted octanol–water partition coefficient (Wildman–Crippen LogP) is 4.06. The molecule has 0 saturated heterocycles. The number of nitrogens with zero attached hydrogens (tertiary/aromatic N) is 2. The van der Waals surface area contributed by atoms with E-state index in [1.807, 2.05) is 37.3 Å². The van der Waals surface area contributed by atoms with Crippen molar-refractivity contribution in [2.75, 3.05) is 19.7 Å². The first-order valence-electron chi connectivity index (χ1n) is 9.75. The van der Waals surface area contributed by atoms with Crippen molar-refractivity contribution in [2.24, 2.45) is 16.8 Å². The van der Waals surface area contributed by atoms with Gasteiger partial charge >= 0.3 is 0 Å². The first-order chi connectivity index (χ1) is 13.1. The highest BCUT2D eigenvalue weighted by atomic mass is 127. The van der Waals surface area contributed by atoms with Crippen molar-refractivity contribution >= 4 is 29.9 Å². The van der Waals surface area contributed by atoms with Gasteiger partial charge in [-0.05, 0) is 43.7 Å². The molecule has 0 amide bonds. The average molecular weight is 500 g/mol. The number of benzene rings is 1. The molecular weight excluding hydrogens is 467 g/mol. The molecule has 6 nitrogen and oxygen atoms in total. The van der Waals surface area contributed by atoms with E-state index < -0.39 is 0 Å². The maximum atomic E-state index is 9.27. The van der Waals surface area contributed by atoms with Gasteiger partial charge in [0.25, 0.3) is 0 Å². The number of nitrogens with one attached hydrogen (secondary N) is 2. The lowest BCUT2D eigenvalue weighted by Crippen LogP contribution is -2.40. The minimum Gasteiger partial charge on any atom is -0.444 e. The second-order valence-electron chi connectivity index (χ2n) is 7.09. The Hall–Kier alpha value is -1.61. The summed E-state index contributed by atoms with van der Waals surface area (Å²) in [5.74, 6) is 2.40. The van der Waals surface area contributed by atoms with Crippen LogP contribution in [0.3, 0.4) is 0 Å². The van der Waals surface area contributed by atoms with Crippen LogP contribution in [0.15, 0.2) is 46.0 Å². The van der Waals surface area contributed by atoms with E-state index in [-0.39, 0.29) is 30.6 Å². The molecule has 7 heteroatoms. The molecule has 0 aliphatic rings. The number of aliphatic imine (C=N–C) groups is 1. The molecule has 1 atom stereocenters. The third kappa shape index (κ3) is 8.60. The molecule has 1 unspecified atom stereocenters. The van der Waals surface area contributed by atoms with Gasteiger partial charge in [0.15, 0.2) is 5.96 Å². The van der Waals surface area contributed by atoms with E-state index in [1.54, 1.807) is 6.26 Å². The second-order valence-corrected chi connectivity index (χ2v) is 7.09. The van der Waals surface area contributed by atoms with Crippen LogP contribution in [0.5, 0.6) is 0 Å². The summed E-state index contributed by atoms with van der Waals surface area (Å²) in [6.07, 6.45) is 3.54. The van der Waals surface area contributed by atoms with E-state index in [0.717, 1.165) is 43.1 Å². The molecule has 28 heavy (non-hydrogen) atoms. The van der Waals surface area contributed by atoms with Crippen molar-refractivity contribution in [1.29, 1.82) is 0 Å². The normalized spacial score (nSPS) is 12.5. The standard InChI is InChI=1S/C21H32N4O2.HI/c1-4-22-21(23-13-17(10-11-26)12-16(2)3)24-14-19-15-27-20(25-19)18-8-6-5-7-9-18;/h5-9,15-17,26H,4,10-14H2,1-3H3,(H2,22,23,24);1H. The van der Waals surface area contributed by atoms with Crippen LogP contribution in [-0.2, 0) is 6.54 Å². The zero-order chi connectivity index (χ0) is 19.5. The van der Waals surface area contributed by atoms with Gasteiger partial charge < -0.3 is 20.2 Å². The molecule has 1 aromatic carbocycles. The summed E-state index contributed by atoms with van der Waals surface area (Å²) in [5.41, 5.74) is 1.75. The molecule has 0 fully saturated rings. The summed E-state index contributed by atoms with van der Waals surface area (Å²) in [4.78, 5) is 9.13. The number of oxazole rings is 1. The summed E-state index contributed by atoms with van der Waals surface area (Å²) >= 11 is 0. The Labute approximate surface area is 185 Å². The highest BCUT2D eigenvalue weighted by molar-refractivity contribution is 14.0. The van der Waals surface area contributed by atoms with E-state index in [9.17, 15) is 5.11 Å². The highest BCUT2D eigenvalue weighted by Crippen LogP contribution is 2.18. The molecule has 1 aromatic heterocycles. The Morgan fingerprint density at radius 1 is 1.21 bits per heavy atom. The minimum atomic E-state index is 0. The van der Waals surface area contributed by atoms with Crippen LogP contribution in [0.4, 0.5) is 0 Å². The van der Waals surface area contributed by atoms with Crippen LogP contribution >= 0.6 is 24.0 Å². The van der Waals surface area contributed by atoms with Gasteiger partial charge in [-0.25, -0.2) is 9.98 Å². The Morgan fingerprint density at radius 2 is 1.96 bits per heavy atom. The first kappa shape index (κ1) is 24.4. The van der Waals surface area contributed by atoms with Gasteiger partial charge in [0.05, 0.1) is 6.54 Å². The summed E-state index contributed by atoms with van der Waals surface area (Å²) in [7, 11) is 0. The third-order valence-electron chi connectivity index (χ3n) is 4.22. The number of hydrogen-bond donors (Lipinski definition) is 3. The molecule has 2 rings (SSSR count). The molecule has 0 radical (unpaired) electrons. The van der Waals surface area contributed by atoms with E-state index in [0.29, 0.717) is 24.3 Å². The lowest BCUT2D eigenvalue weighted by atomic mass is 9.94. The SMILES string of the molecule is CCNC(=NCc1coc(-c2ccccc2)n1)NCC(CCO)CC(C)C.I. The fourth-order valence-electron chi connectivity index (χ4n) is 2.99. The van der Waals surface area contributed by atoms with Crippen LogP contribution in [-0.4, -0.2) is 35.7 Å². The van der Waals surface area contributed by atoms with Crippen molar-refractivity contribution < 1.29 is 9.52 Å². The smallest absolute Gasteiger partial charge is 0.226 e. The molecule has 0 aliphatic carbocycles. The summed E-state index contributed by atoms with van der Waals surface area (Å²) in [6.45, 7) is 8.69. The van der Waals surface area contributed by atoms with E-state index in [2.05, 4.69) is 34.5 Å². The van der Waals surface area contributed by atoms with Gasteiger partial charge in [-0.3, -0.25) is 0 Å². The van der Waals surface area contributed by atoms with E-state index >= 15 is 0 Å². The highest BCUT2D eigenvalue weighted by Gasteiger charge is 2.12. The predicted molar refractivity (Wildman–Crippen MR) is 125 cm³/mol. The van der Waals surface area contributed by atoms with Crippen LogP contribution < -0.4 is 10.6 Å². The van der Waals surface area contributed by atoms with Crippen LogP contribution in [0.1, 0.15) is 39.3 Å². The monoisotopic (exact) mass is 500 g/mol. The molecular formula is C21H33IN4O2. The molecule has 2 aromatic rings. The Balaban J connectivity index is 0.00000392. The molecule has 0 spiro atoms. The first-order valence-corrected chi connectivity index (χ1v) is 9.75. The van der Waals surface area contributed by atoms with Crippen molar-refractivity contribution in [3.05, 3.63) is 42.3 Å². The van der Waals surface area contributed by atoms with Crippen molar-refractivity contribution in [1.82, 2.24) is 15.6 Å². The van der Waals surface area contributed by atoms with E-state index in [1.165, 1.54) is 0 Å². The van der Waals surface area contributed by atoms with Crippen LogP contribution in [0.2, 0.25) is 0 Å². The van der Waals surface area contributed by atoms with Gasteiger partial charge in [0.2, 0.25) is 5.89 Å².